The lowest BCUT2D eigenvalue weighted by molar-refractivity contribution is 0.291. The zero-order chi connectivity index (χ0) is 13.6. The molecule has 100 valence electrons. The zero-order valence-corrected chi connectivity index (χ0v) is 12.7. The van der Waals surface area contributed by atoms with Gasteiger partial charge in [-0.15, -0.1) is 0 Å². The van der Waals surface area contributed by atoms with Crippen LogP contribution in [0.3, 0.4) is 0 Å². The van der Waals surface area contributed by atoms with Gasteiger partial charge in [0.1, 0.15) is 5.82 Å². The van der Waals surface area contributed by atoms with Gasteiger partial charge in [-0.05, 0) is 60.8 Å². The van der Waals surface area contributed by atoms with Crippen molar-refractivity contribution in [3.63, 3.8) is 0 Å². The Balaban J connectivity index is 2.45. The number of hydrogen-bond acceptors (Lipinski definition) is 2. The molecule has 1 aromatic rings. The minimum atomic E-state index is -3.61. The minimum absolute atomic E-state index is 0.0122. The van der Waals surface area contributed by atoms with Gasteiger partial charge in [0.2, 0.25) is 10.0 Å². The first kappa shape index (κ1) is 14.0. The van der Waals surface area contributed by atoms with Crippen LogP contribution in [0.5, 0.6) is 0 Å². The summed E-state index contributed by atoms with van der Waals surface area (Å²) in [5.41, 5.74) is -0.400. The molecule has 0 saturated carbocycles. The second kappa shape index (κ2) is 4.58. The van der Waals surface area contributed by atoms with E-state index in [0.717, 1.165) is 18.9 Å². The SMILES string of the molecule is CC1(C)CCCN1S(=O)(=O)c1ccc(Br)c(F)c1. The van der Waals surface area contributed by atoms with Crippen molar-refractivity contribution in [2.75, 3.05) is 6.54 Å². The Morgan fingerprint density at radius 1 is 1.39 bits per heavy atom. The molecule has 0 amide bonds. The van der Waals surface area contributed by atoms with Gasteiger partial charge >= 0.3 is 0 Å². The first-order valence-corrected chi connectivity index (χ1v) is 7.96. The monoisotopic (exact) mass is 335 g/mol. The van der Waals surface area contributed by atoms with Crippen LogP contribution in [0.4, 0.5) is 4.39 Å². The maximum absolute atomic E-state index is 13.5. The second-order valence-corrected chi connectivity index (χ2v) is 7.79. The van der Waals surface area contributed by atoms with Gasteiger partial charge in [-0.1, -0.05) is 0 Å². The van der Waals surface area contributed by atoms with E-state index in [0.29, 0.717) is 6.54 Å². The van der Waals surface area contributed by atoms with Crippen molar-refractivity contribution in [2.45, 2.75) is 37.1 Å². The lowest BCUT2D eigenvalue weighted by atomic mass is 10.0. The molecule has 6 heteroatoms. The lowest BCUT2D eigenvalue weighted by Gasteiger charge is -2.30. The molecule has 1 aliphatic heterocycles. The van der Waals surface area contributed by atoms with Crippen LogP contribution < -0.4 is 0 Å². The average molecular weight is 336 g/mol. The summed E-state index contributed by atoms with van der Waals surface area (Å²) in [5, 5.41) is 0. The smallest absolute Gasteiger partial charge is 0.207 e. The molecule has 1 saturated heterocycles. The van der Waals surface area contributed by atoms with Crippen molar-refractivity contribution < 1.29 is 12.8 Å². The maximum Gasteiger partial charge on any atom is 0.243 e. The van der Waals surface area contributed by atoms with E-state index in [1.807, 2.05) is 13.8 Å². The van der Waals surface area contributed by atoms with Gasteiger partial charge in [0, 0.05) is 12.1 Å². The van der Waals surface area contributed by atoms with Crippen molar-refractivity contribution in [3.8, 4) is 0 Å². The fourth-order valence-corrected chi connectivity index (χ4v) is 4.40. The van der Waals surface area contributed by atoms with Gasteiger partial charge in [-0.3, -0.25) is 0 Å². The van der Waals surface area contributed by atoms with Crippen molar-refractivity contribution in [3.05, 3.63) is 28.5 Å². The summed E-state index contributed by atoms with van der Waals surface area (Å²) in [6, 6.07) is 3.91. The van der Waals surface area contributed by atoms with Gasteiger partial charge in [0.15, 0.2) is 0 Å². The number of halogens is 2. The first-order valence-electron chi connectivity index (χ1n) is 5.73. The topological polar surface area (TPSA) is 37.4 Å². The molecular formula is C12H15BrFNO2S. The molecule has 2 rings (SSSR count). The third kappa shape index (κ3) is 2.33. The van der Waals surface area contributed by atoms with Crippen LogP contribution in [0, 0.1) is 5.82 Å². The molecule has 0 atom stereocenters. The summed E-state index contributed by atoms with van der Waals surface area (Å²) in [6.07, 6.45) is 1.66. The predicted molar refractivity (Wildman–Crippen MR) is 71.3 cm³/mol. The fraction of sp³-hybridized carbons (Fsp3) is 0.500. The van der Waals surface area contributed by atoms with Crippen LogP contribution in [0.1, 0.15) is 26.7 Å². The number of rotatable bonds is 2. The zero-order valence-electron chi connectivity index (χ0n) is 10.3. The standard InChI is InChI=1S/C12H15BrFNO2S/c1-12(2)6-3-7-15(12)18(16,17)9-4-5-10(13)11(14)8-9/h4-5,8H,3,6-7H2,1-2H3. The van der Waals surface area contributed by atoms with E-state index in [4.69, 9.17) is 0 Å². The highest BCUT2D eigenvalue weighted by Crippen LogP contribution is 2.34. The highest BCUT2D eigenvalue weighted by atomic mass is 79.9. The third-order valence-electron chi connectivity index (χ3n) is 3.30. The number of hydrogen-bond donors (Lipinski definition) is 0. The third-order valence-corrected chi connectivity index (χ3v) is 6.05. The normalized spacial score (nSPS) is 20.2. The number of sulfonamides is 1. The van der Waals surface area contributed by atoms with Gasteiger partial charge in [0.25, 0.3) is 0 Å². The lowest BCUT2D eigenvalue weighted by Crippen LogP contribution is -2.42. The fourth-order valence-electron chi connectivity index (χ4n) is 2.29. The van der Waals surface area contributed by atoms with Crippen LogP contribution in [0.2, 0.25) is 0 Å². The van der Waals surface area contributed by atoms with Crippen LogP contribution in [0.15, 0.2) is 27.6 Å². The van der Waals surface area contributed by atoms with E-state index in [1.54, 1.807) is 0 Å². The number of nitrogens with zero attached hydrogens (tertiary/aromatic N) is 1. The van der Waals surface area contributed by atoms with Gasteiger partial charge in [-0.25, -0.2) is 12.8 Å². The number of benzene rings is 1. The Bertz CT molecular complexity index is 571. The first-order chi connectivity index (χ1) is 8.25. The summed E-state index contributed by atoms with van der Waals surface area (Å²) in [5.74, 6) is -0.562. The summed E-state index contributed by atoms with van der Waals surface area (Å²) in [6.45, 7) is 4.28. The van der Waals surface area contributed by atoms with Crippen LogP contribution >= 0.6 is 15.9 Å². The Labute approximate surface area is 115 Å². The molecule has 0 bridgehead atoms. The summed E-state index contributed by atoms with van der Waals surface area (Å²) in [4.78, 5) is 0.0122. The quantitative estimate of drug-likeness (QED) is 0.832. The summed E-state index contributed by atoms with van der Waals surface area (Å²) in [7, 11) is -3.61. The summed E-state index contributed by atoms with van der Waals surface area (Å²) < 4.78 is 40.1. The van der Waals surface area contributed by atoms with E-state index >= 15 is 0 Å². The molecule has 0 aliphatic carbocycles. The molecule has 1 heterocycles. The highest BCUT2D eigenvalue weighted by Gasteiger charge is 2.40. The van der Waals surface area contributed by atoms with E-state index in [-0.39, 0.29) is 9.37 Å². The van der Waals surface area contributed by atoms with E-state index in [2.05, 4.69) is 15.9 Å². The predicted octanol–water partition coefficient (Wildman–Crippen LogP) is 3.15. The highest BCUT2D eigenvalue weighted by molar-refractivity contribution is 9.10. The van der Waals surface area contributed by atoms with Crippen LogP contribution in [0.25, 0.3) is 0 Å². The molecule has 0 N–H and O–H groups in total. The van der Waals surface area contributed by atoms with Gasteiger partial charge in [0.05, 0.1) is 9.37 Å². The van der Waals surface area contributed by atoms with E-state index < -0.39 is 21.4 Å². The molecule has 18 heavy (non-hydrogen) atoms. The van der Waals surface area contributed by atoms with Crippen molar-refractivity contribution in [1.82, 2.24) is 4.31 Å². The van der Waals surface area contributed by atoms with Crippen molar-refractivity contribution in [1.29, 1.82) is 0 Å². The molecule has 1 aliphatic rings. The Morgan fingerprint density at radius 3 is 2.56 bits per heavy atom. The minimum Gasteiger partial charge on any atom is -0.207 e. The molecular weight excluding hydrogens is 321 g/mol. The largest absolute Gasteiger partial charge is 0.243 e. The van der Waals surface area contributed by atoms with E-state index in [9.17, 15) is 12.8 Å². The molecule has 0 aromatic heterocycles. The Kier molecular flexibility index (Phi) is 3.55. The van der Waals surface area contributed by atoms with Crippen molar-refractivity contribution >= 4 is 26.0 Å². The molecule has 1 fully saturated rings. The maximum atomic E-state index is 13.5. The molecule has 0 radical (unpaired) electrons. The van der Waals surface area contributed by atoms with E-state index in [1.165, 1.54) is 16.4 Å². The van der Waals surface area contributed by atoms with Crippen molar-refractivity contribution in [2.24, 2.45) is 0 Å². The second-order valence-electron chi connectivity index (χ2n) is 5.07. The Hall–Kier alpha value is -0.460. The van der Waals surface area contributed by atoms with Crippen LogP contribution in [-0.2, 0) is 10.0 Å². The molecule has 3 nitrogen and oxygen atoms in total. The molecule has 1 aromatic carbocycles. The summed E-state index contributed by atoms with van der Waals surface area (Å²) >= 11 is 3.02. The Morgan fingerprint density at radius 2 is 2.06 bits per heavy atom. The molecule has 0 spiro atoms. The van der Waals surface area contributed by atoms with Crippen LogP contribution in [-0.4, -0.2) is 24.8 Å². The molecule has 0 unspecified atom stereocenters. The average Bonchev–Trinajstić information content (AvgIpc) is 2.62. The van der Waals surface area contributed by atoms with Gasteiger partial charge < -0.3 is 0 Å². The van der Waals surface area contributed by atoms with Gasteiger partial charge in [-0.2, -0.15) is 4.31 Å².